The molecule has 0 aliphatic carbocycles. The maximum absolute atomic E-state index is 13.1. The Kier molecular flexibility index (Phi) is 6.20. The molecule has 2 aromatic carbocycles. The summed E-state index contributed by atoms with van der Waals surface area (Å²) in [6, 6.07) is 15.2. The number of aryl methyl sites for hydroxylation is 1. The zero-order chi connectivity index (χ0) is 21.8. The normalized spacial score (nSPS) is 17.4. The minimum Gasteiger partial charge on any atom is -0.331 e. The first-order chi connectivity index (χ1) is 14.9. The summed E-state index contributed by atoms with van der Waals surface area (Å²) in [5.41, 5.74) is 1.74. The third kappa shape index (κ3) is 4.70. The van der Waals surface area contributed by atoms with Crippen LogP contribution in [0.1, 0.15) is 30.7 Å². The molecule has 1 atom stereocenters. The zero-order valence-electron chi connectivity index (χ0n) is 17.4. The molecule has 1 N–H and O–H groups in total. The lowest BCUT2D eigenvalue weighted by molar-refractivity contribution is -0.120. The van der Waals surface area contributed by atoms with Crippen molar-refractivity contribution in [2.24, 2.45) is 0 Å². The first kappa shape index (κ1) is 21.3. The van der Waals surface area contributed by atoms with Gasteiger partial charge in [-0.25, -0.2) is 13.4 Å². The summed E-state index contributed by atoms with van der Waals surface area (Å²) < 4.78 is 29.6. The Balaban J connectivity index is 1.47. The Bertz CT molecular complexity index is 1140. The number of aromatic nitrogens is 2. The highest BCUT2D eigenvalue weighted by atomic mass is 32.2. The van der Waals surface area contributed by atoms with Gasteiger partial charge in [-0.05, 0) is 49.6 Å². The third-order valence-corrected chi connectivity index (χ3v) is 7.53. The van der Waals surface area contributed by atoms with E-state index in [2.05, 4.69) is 10.3 Å². The van der Waals surface area contributed by atoms with E-state index in [1.54, 1.807) is 36.5 Å². The van der Waals surface area contributed by atoms with Gasteiger partial charge in [-0.15, -0.1) is 0 Å². The van der Waals surface area contributed by atoms with Gasteiger partial charge in [0.1, 0.15) is 11.9 Å². The Morgan fingerprint density at radius 1 is 1.10 bits per heavy atom. The van der Waals surface area contributed by atoms with E-state index in [4.69, 9.17) is 0 Å². The molecule has 8 heteroatoms. The van der Waals surface area contributed by atoms with Crippen LogP contribution in [-0.4, -0.2) is 40.8 Å². The number of anilines is 1. The van der Waals surface area contributed by atoms with Crippen LogP contribution in [0.4, 0.5) is 5.69 Å². The van der Waals surface area contributed by atoms with Crippen LogP contribution in [-0.2, 0) is 21.4 Å². The largest absolute Gasteiger partial charge is 0.331 e. The van der Waals surface area contributed by atoms with Gasteiger partial charge in [0.15, 0.2) is 0 Å². The van der Waals surface area contributed by atoms with Crippen LogP contribution in [0.15, 0.2) is 71.9 Å². The fourth-order valence-corrected chi connectivity index (χ4v) is 5.55. The quantitative estimate of drug-likeness (QED) is 0.639. The Morgan fingerprint density at radius 3 is 2.52 bits per heavy atom. The minimum absolute atomic E-state index is 0.217. The third-order valence-electron chi connectivity index (χ3n) is 5.60. The number of hydrogen-bond acceptors (Lipinski definition) is 4. The molecule has 1 unspecified atom stereocenters. The van der Waals surface area contributed by atoms with Gasteiger partial charge in [-0.2, -0.15) is 4.31 Å². The Hall–Kier alpha value is -2.97. The maximum Gasteiger partial charge on any atom is 0.243 e. The van der Waals surface area contributed by atoms with Crippen molar-refractivity contribution < 1.29 is 13.2 Å². The van der Waals surface area contributed by atoms with E-state index in [9.17, 15) is 13.2 Å². The summed E-state index contributed by atoms with van der Waals surface area (Å²) in [5.74, 6) is 0.645. The fraction of sp³-hybridized carbons (Fsp3) is 0.304. The van der Waals surface area contributed by atoms with E-state index >= 15 is 0 Å². The standard InChI is InChI=1S/C23H26N4O3S/c1-18-24-14-16-26(18)17-19-10-12-20(13-11-19)25-23(28)22-9-5-6-15-27(22)31(29,30)21-7-3-2-4-8-21/h2-4,7-8,10-14,16,22H,5-6,9,15,17H2,1H3,(H,25,28). The van der Waals surface area contributed by atoms with Crippen molar-refractivity contribution in [3.8, 4) is 0 Å². The number of carbonyl (C=O) groups is 1. The number of amides is 1. The van der Waals surface area contributed by atoms with Gasteiger partial charge in [0, 0.05) is 31.2 Å². The molecule has 1 aromatic heterocycles. The summed E-state index contributed by atoms with van der Waals surface area (Å²) in [4.78, 5) is 17.5. The molecule has 2 heterocycles. The van der Waals surface area contributed by atoms with Gasteiger partial charge >= 0.3 is 0 Å². The van der Waals surface area contributed by atoms with Gasteiger partial charge in [0.2, 0.25) is 15.9 Å². The molecule has 1 aliphatic heterocycles. The molecule has 1 saturated heterocycles. The molecule has 4 rings (SSSR count). The SMILES string of the molecule is Cc1nccn1Cc1ccc(NC(=O)C2CCCCN2S(=O)(=O)c2ccccc2)cc1. The summed E-state index contributed by atoms with van der Waals surface area (Å²) in [6.45, 7) is 3.00. The molecule has 0 bridgehead atoms. The first-order valence-electron chi connectivity index (χ1n) is 10.4. The average molecular weight is 439 g/mol. The Morgan fingerprint density at radius 2 is 1.84 bits per heavy atom. The number of sulfonamides is 1. The maximum atomic E-state index is 13.1. The number of imidazole rings is 1. The number of hydrogen-bond donors (Lipinski definition) is 1. The molecular formula is C23H26N4O3S. The topological polar surface area (TPSA) is 84.3 Å². The lowest BCUT2D eigenvalue weighted by Crippen LogP contribution is -2.49. The van der Waals surface area contributed by atoms with Crippen LogP contribution in [0.3, 0.4) is 0 Å². The number of benzene rings is 2. The van der Waals surface area contributed by atoms with Crippen molar-refractivity contribution in [3.05, 3.63) is 78.4 Å². The summed E-state index contributed by atoms with van der Waals surface area (Å²) in [7, 11) is -3.72. The van der Waals surface area contributed by atoms with Crippen molar-refractivity contribution in [1.82, 2.24) is 13.9 Å². The summed E-state index contributed by atoms with van der Waals surface area (Å²) in [5, 5.41) is 2.90. The second-order valence-corrected chi connectivity index (χ2v) is 9.62. The number of nitrogens with one attached hydrogen (secondary N) is 1. The number of carbonyl (C=O) groups excluding carboxylic acids is 1. The van der Waals surface area contributed by atoms with Crippen molar-refractivity contribution in [1.29, 1.82) is 0 Å². The van der Waals surface area contributed by atoms with E-state index in [0.717, 1.165) is 24.2 Å². The molecule has 31 heavy (non-hydrogen) atoms. The highest BCUT2D eigenvalue weighted by molar-refractivity contribution is 7.89. The average Bonchev–Trinajstić information content (AvgIpc) is 3.20. The predicted octanol–water partition coefficient (Wildman–Crippen LogP) is 3.42. The van der Waals surface area contributed by atoms with Crippen LogP contribution in [0.25, 0.3) is 0 Å². The number of nitrogens with zero attached hydrogens (tertiary/aromatic N) is 3. The molecule has 1 aliphatic rings. The van der Waals surface area contributed by atoms with Crippen LogP contribution in [0.2, 0.25) is 0 Å². The predicted molar refractivity (Wildman–Crippen MR) is 119 cm³/mol. The van der Waals surface area contributed by atoms with Crippen molar-refractivity contribution in [2.45, 2.75) is 43.7 Å². The highest BCUT2D eigenvalue weighted by Gasteiger charge is 2.37. The van der Waals surface area contributed by atoms with Crippen LogP contribution in [0, 0.1) is 6.92 Å². The van der Waals surface area contributed by atoms with Gasteiger partial charge in [-0.1, -0.05) is 36.8 Å². The second-order valence-electron chi connectivity index (χ2n) is 7.73. The highest BCUT2D eigenvalue weighted by Crippen LogP contribution is 2.26. The second kappa shape index (κ2) is 9.03. The van der Waals surface area contributed by atoms with Gasteiger partial charge in [-0.3, -0.25) is 4.79 Å². The van der Waals surface area contributed by atoms with Gasteiger partial charge in [0.25, 0.3) is 0 Å². The molecule has 3 aromatic rings. The Labute approximate surface area is 182 Å². The van der Waals surface area contributed by atoms with Gasteiger partial charge in [0.05, 0.1) is 4.90 Å². The lowest BCUT2D eigenvalue weighted by Gasteiger charge is -2.33. The fourth-order valence-electron chi connectivity index (χ4n) is 3.87. The van der Waals surface area contributed by atoms with Crippen LogP contribution < -0.4 is 5.32 Å². The molecular weight excluding hydrogens is 412 g/mol. The summed E-state index contributed by atoms with van der Waals surface area (Å²) >= 11 is 0. The van der Waals surface area contributed by atoms with E-state index in [0.29, 0.717) is 25.2 Å². The molecule has 1 amide bonds. The number of piperidine rings is 1. The molecule has 0 spiro atoms. The smallest absolute Gasteiger partial charge is 0.243 e. The molecule has 0 radical (unpaired) electrons. The van der Waals surface area contributed by atoms with E-state index in [-0.39, 0.29) is 10.8 Å². The minimum atomic E-state index is -3.72. The van der Waals surface area contributed by atoms with Crippen molar-refractivity contribution >= 4 is 21.6 Å². The first-order valence-corrected chi connectivity index (χ1v) is 11.8. The molecule has 162 valence electrons. The molecule has 7 nitrogen and oxygen atoms in total. The van der Waals surface area contributed by atoms with E-state index < -0.39 is 16.1 Å². The van der Waals surface area contributed by atoms with E-state index in [1.807, 2.05) is 42.0 Å². The van der Waals surface area contributed by atoms with Crippen LogP contribution >= 0.6 is 0 Å². The lowest BCUT2D eigenvalue weighted by atomic mass is 10.0. The van der Waals surface area contributed by atoms with Gasteiger partial charge < -0.3 is 9.88 Å². The summed E-state index contributed by atoms with van der Waals surface area (Å²) in [6.07, 6.45) is 5.77. The monoisotopic (exact) mass is 438 g/mol. The molecule has 1 fully saturated rings. The zero-order valence-corrected chi connectivity index (χ0v) is 18.3. The van der Waals surface area contributed by atoms with E-state index in [1.165, 1.54) is 4.31 Å². The molecule has 0 saturated carbocycles. The number of rotatable bonds is 6. The van der Waals surface area contributed by atoms with Crippen molar-refractivity contribution in [2.75, 3.05) is 11.9 Å². The van der Waals surface area contributed by atoms with Crippen LogP contribution in [0.5, 0.6) is 0 Å². The van der Waals surface area contributed by atoms with Crippen molar-refractivity contribution in [3.63, 3.8) is 0 Å².